The van der Waals surface area contributed by atoms with Crippen LogP contribution in [0.15, 0.2) is 24.3 Å². The van der Waals surface area contributed by atoms with Gasteiger partial charge in [-0.2, -0.15) is 0 Å². The molecule has 0 aliphatic carbocycles. The lowest BCUT2D eigenvalue weighted by molar-refractivity contribution is 0.424. The first-order chi connectivity index (χ1) is 8.00. The van der Waals surface area contributed by atoms with E-state index in [4.69, 9.17) is 5.73 Å². The molecular weight excluding hydrogens is 208 g/mol. The van der Waals surface area contributed by atoms with Crippen molar-refractivity contribution in [1.29, 1.82) is 0 Å². The van der Waals surface area contributed by atoms with E-state index in [1.807, 2.05) is 0 Å². The van der Waals surface area contributed by atoms with Gasteiger partial charge < -0.3 is 10.6 Å². The number of rotatable bonds is 6. The molecule has 96 valence electrons. The molecule has 2 nitrogen and oxygen atoms in total. The summed E-state index contributed by atoms with van der Waals surface area (Å²) in [6.07, 6.45) is 2.20. The van der Waals surface area contributed by atoms with Crippen LogP contribution in [0.25, 0.3) is 0 Å². The van der Waals surface area contributed by atoms with Crippen LogP contribution < -0.4 is 10.6 Å². The third-order valence-electron chi connectivity index (χ3n) is 3.21. The Hall–Kier alpha value is -1.02. The zero-order valence-corrected chi connectivity index (χ0v) is 11.7. The number of anilines is 1. The topological polar surface area (TPSA) is 29.3 Å². The first-order valence-electron chi connectivity index (χ1n) is 6.59. The maximum Gasteiger partial charge on any atom is 0.0396 e. The molecule has 0 heterocycles. The van der Waals surface area contributed by atoms with Crippen molar-refractivity contribution in [3.8, 4) is 0 Å². The van der Waals surface area contributed by atoms with Crippen LogP contribution in [-0.4, -0.2) is 18.6 Å². The maximum absolute atomic E-state index is 6.35. The van der Waals surface area contributed by atoms with Crippen LogP contribution in [0.4, 0.5) is 5.69 Å². The number of aryl methyl sites for hydroxylation is 1. The van der Waals surface area contributed by atoms with E-state index in [9.17, 15) is 0 Å². The summed E-state index contributed by atoms with van der Waals surface area (Å²) in [6, 6.07) is 8.52. The molecule has 0 aromatic heterocycles. The molecule has 1 aromatic rings. The van der Waals surface area contributed by atoms with Gasteiger partial charge in [0.05, 0.1) is 0 Å². The summed E-state index contributed by atoms with van der Waals surface area (Å²) in [5, 5.41) is 0. The summed E-state index contributed by atoms with van der Waals surface area (Å²) in [5.74, 6) is 0. The van der Waals surface area contributed by atoms with Gasteiger partial charge in [-0.15, -0.1) is 0 Å². The van der Waals surface area contributed by atoms with Gasteiger partial charge in [0.15, 0.2) is 0 Å². The molecule has 1 unspecified atom stereocenters. The van der Waals surface area contributed by atoms with E-state index < -0.39 is 0 Å². The van der Waals surface area contributed by atoms with Gasteiger partial charge in [-0.25, -0.2) is 0 Å². The fraction of sp³-hybridized carbons (Fsp3) is 0.600. The Morgan fingerprint density at radius 3 is 2.41 bits per heavy atom. The van der Waals surface area contributed by atoms with Crippen molar-refractivity contribution in [2.45, 2.75) is 46.1 Å². The minimum Gasteiger partial charge on any atom is -0.370 e. The third-order valence-corrected chi connectivity index (χ3v) is 3.21. The van der Waals surface area contributed by atoms with Crippen LogP contribution in [-0.2, 0) is 0 Å². The normalized spacial score (nSPS) is 14.4. The van der Waals surface area contributed by atoms with Crippen LogP contribution in [0, 0.1) is 6.92 Å². The lowest BCUT2D eigenvalue weighted by atomic mass is 9.96. The molecule has 0 aliphatic heterocycles. The average Bonchev–Trinajstić information content (AvgIpc) is 2.27. The van der Waals surface area contributed by atoms with Crippen molar-refractivity contribution in [1.82, 2.24) is 0 Å². The van der Waals surface area contributed by atoms with Crippen LogP contribution in [0.2, 0.25) is 0 Å². The molecule has 2 N–H and O–H groups in total. The molecule has 0 spiro atoms. The van der Waals surface area contributed by atoms with E-state index in [-0.39, 0.29) is 5.54 Å². The summed E-state index contributed by atoms with van der Waals surface area (Å²) < 4.78 is 0. The zero-order chi connectivity index (χ0) is 12.9. The molecule has 0 bridgehead atoms. The minimum atomic E-state index is -0.104. The highest BCUT2D eigenvalue weighted by Gasteiger charge is 2.21. The molecule has 1 atom stereocenters. The molecule has 1 rings (SSSR count). The van der Waals surface area contributed by atoms with Crippen molar-refractivity contribution in [2.75, 3.05) is 18.0 Å². The Morgan fingerprint density at radius 2 is 1.88 bits per heavy atom. The minimum absolute atomic E-state index is 0.104. The Morgan fingerprint density at radius 1 is 1.24 bits per heavy atom. The third kappa shape index (κ3) is 4.04. The van der Waals surface area contributed by atoms with Crippen LogP contribution >= 0.6 is 0 Å². The molecular formula is C15H26N2. The van der Waals surface area contributed by atoms with Gasteiger partial charge in [0.1, 0.15) is 0 Å². The molecule has 0 aliphatic rings. The van der Waals surface area contributed by atoms with E-state index >= 15 is 0 Å². The molecule has 17 heavy (non-hydrogen) atoms. The van der Waals surface area contributed by atoms with Gasteiger partial charge in [-0.05, 0) is 38.8 Å². The molecule has 0 saturated carbocycles. The molecule has 1 aromatic carbocycles. The van der Waals surface area contributed by atoms with Gasteiger partial charge in [0.25, 0.3) is 0 Å². The number of hydrogen-bond acceptors (Lipinski definition) is 2. The van der Waals surface area contributed by atoms with E-state index in [1.165, 1.54) is 11.3 Å². The van der Waals surface area contributed by atoms with Crippen molar-refractivity contribution in [3.63, 3.8) is 0 Å². The standard InChI is InChI=1S/C15H26N2/c1-5-11-15(4,16)12-17(6-2)14-10-8-7-9-13(14)3/h7-10H,5-6,11-12,16H2,1-4H3. The quantitative estimate of drug-likeness (QED) is 0.818. The Labute approximate surface area is 106 Å². The van der Waals surface area contributed by atoms with Gasteiger partial charge in [-0.3, -0.25) is 0 Å². The molecule has 0 radical (unpaired) electrons. The lowest BCUT2D eigenvalue weighted by Crippen LogP contribution is -2.48. The van der Waals surface area contributed by atoms with Crippen LogP contribution in [0.3, 0.4) is 0 Å². The van der Waals surface area contributed by atoms with E-state index in [0.717, 1.165) is 25.9 Å². The predicted molar refractivity (Wildman–Crippen MR) is 76.6 cm³/mol. The lowest BCUT2D eigenvalue weighted by Gasteiger charge is -2.34. The number of likely N-dealkylation sites (N-methyl/N-ethyl adjacent to an activating group) is 1. The number of nitrogens with two attached hydrogens (primary N) is 1. The smallest absolute Gasteiger partial charge is 0.0396 e. The van der Waals surface area contributed by atoms with E-state index in [0.29, 0.717) is 0 Å². The predicted octanol–water partition coefficient (Wildman–Crippen LogP) is 3.34. The van der Waals surface area contributed by atoms with Gasteiger partial charge in [0, 0.05) is 24.3 Å². The summed E-state index contributed by atoms with van der Waals surface area (Å²) in [4.78, 5) is 2.38. The number of nitrogens with zero attached hydrogens (tertiary/aromatic N) is 1. The summed E-state index contributed by atoms with van der Waals surface area (Å²) in [7, 11) is 0. The highest BCUT2D eigenvalue weighted by atomic mass is 15.1. The van der Waals surface area contributed by atoms with E-state index in [2.05, 4.69) is 56.9 Å². The van der Waals surface area contributed by atoms with E-state index in [1.54, 1.807) is 0 Å². The number of hydrogen-bond donors (Lipinski definition) is 1. The zero-order valence-electron chi connectivity index (χ0n) is 11.7. The SMILES string of the molecule is CCCC(C)(N)CN(CC)c1ccccc1C. The second-order valence-corrected chi connectivity index (χ2v) is 5.20. The molecule has 2 heteroatoms. The van der Waals surface area contributed by atoms with Crippen LogP contribution in [0.1, 0.15) is 39.2 Å². The Bertz CT molecular complexity index is 345. The van der Waals surface area contributed by atoms with Crippen LogP contribution in [0.5, 0.6) is 0 Å². The summed E-state index contributed by atoms with van der Waals surface area (Å²) >= 11 is 0. The second kappa shape index (κ2) is 6.06. The monoisotopic (exact) mass is 234 g/mol. The van der Waals surface area contributed by atoms with Gasteiger partial charge in [0.2, 0.25) is 0 Å². The first kappa shape index (κ1) is 14.0. The largest absolute Gasteiger partial charge is 0.370 e. The van der Waals surface area contributed by atoms with Crippen molar-refractivity contribution < 1.29 is 0 Å². The molecule has 0 fully saturated rings. The highest BCUT2D eigenvalue weighted by Crippen LogP contribution is 2.22. The number of para-hydroxylation sites is 1. The fourth-order valence-corrected chi connectivity index (χ4v) is 2.37. The summed E-state index contributed by atoms with van der Waals surface area (Å²) in [5.41, 5.74) is 8.87. The van der Waals surface area contributed by atoms with Crippen molar-refractivity contribution >= 4 is 5.69 Å². The van der Waals surface area contributed by atoms with Gasteiger partial charge >= 0.3 is 0 Å². The Kier molecular flexibility index (Phi) is 5.01. The second-order valence-electron chi connectivity index (χ2n) is 5.20. The van der Waals surface area contributed by atoms with Gasteiger partial charge in [-0.1, -0.05) is 31.5 Å². The average molecular weight is 234 g/mol. The maximum atomic E-state index is 6.35. The van der Waals surface area contributed by atoms with Crippen molar-refractivity contribution in [2.24, 2.45) is 5.73 Å². The molecule has 0 saturated heterocycles. The molecule has 0 amide bonds. The first-order valence-corrected chi connectivity index (χ1v) is 6.59. The highest BCUT2D eigenvalue weighted by molar-refractivity contribution is 5.53. The summed E-state index contributed by atoms with van der Waals surface area (Å²) in [6.45, 7) is 10.6. The number of benzene rings is 1. The Balaban J connectivity index is 2.83. The van der Waals surface area contributed by atoms with Crippen molar-refractivity contribution in [3.05, 3.63) is 29.8 Å². The fourth-order valence-electron chi connectivity index (χ4n) is 2.37.